The first-order valence-electron chi connectivity index (χ1n) is 5.47. The van der Waals surface area contributed by atoms with Crippen molar-refractivity contribution in [2.75, 3.05) is 26.2 Å². The predicted molar refractivity (Wildman–Crippen MR) is 59.7 cm³/mol. The van der Waals surface area contributed by atoms with Crippen LogP contribution in [0.1, 0.15) is 11.6 Å². The molecule has 1 heterocycles. The number of aliphatic hydroxyl groups excluding tert-OH is 1. The van der Waals surface area contributed by atoms with Gasteiger partial charge in [-0.25, -0.2) is 0 Å². The monoisotopic (exact) mass is 266 g/mol. The second-order valence-electron chi connectivity index (χ2n) is 4.01. The molecule has 0 saturated heterocycles. The molecule has 1 rings (SSSR count). The lowest BCUT2D eigenvalue weighted by Crippen LogP contribution is -2.41. The fourth-order valence-electron chi connectivity index (χ4n) is 1.81. The molecule has 0 aliphatic rings. The Kier molecular flexibility index (Phi) is 5.12. The average Bonchev–Trinajstić information content (AvgIpc) is 2.64. The van der Waals surface area contributed by atoms with Crippen LogP contribution in [0.3, 0.4) is 0 Å². The van der Waals surface area contributed by atoms with Crippen LogP contribution < -0.4 is 5.73 Å². The zero-order valence-corrected chi connectivity index (χ0v) is 10.1. The standard InChI is InChI=1S/C10H17F3N4O/c1-16-6-8(5-15-16)9(4-14)17(2-3-18)7-10(11,12)13/h5-6,9,18H,2-4,7,14H2,1H3. The minimum Gasteiger partial charge on any atom is -0.395 e. The van der Waals surface area contributed by atoms with Crippen molar-refractivity contribution in [2.24, 2.45) is 12.8 Å². The molecule has 104 valence electrons. The Morgan fingerprint density at radius 3 is 2.61 bits per heavy atom. The maximum Gasteiger partial charge on any atom is 0.401 e. The third kappa shape index (κ3) is 4.28. The molecule has 18 heavy (non-hydrogen) atoms. The maximum atomic E-state index is 12.5. The van der Waals surface area contributed by atoms with Gasteiger partial charge in [-0.05, 0) is 0 Å². The van der Waals surface area contributed by atoms with E-state index in [2.05, 4.69) is 5.10 Å². The van der Waals surface area contributed by atoms with Crippen LogP contribution in [0.2, 0.25) is 0 Å². The zero-order valence-electron chi connectivity index (χ0n) is 10.1. The van der Waals surface area contributed by atoms with Crippen molar-refractivity contribution in [2.45, 2.75) is 12.2 Å². The molecule has 0 amide bonds. The summed E-state index contributed by atoms with van der Waals surface area (Å²) in [5.41, 5.74) is 6.15. The van der Waals surface area contributed by atoms with Gasteiger partial charge in [0.2, 0.25) is 0 Å². The van der Waals surface area contributed by atoms with Crippen LogP contribution in [0.25, 0.3) is 0 Å². The van der Waals surface area contributed by atoms with Crippen molar-refractivity contribution in [3.63, 3.8) is 0 Å². The topological polar surface area (TPSA) is 67.3 Å². The Morgan fingerprint density at radius 1 is 1.56 bits per heavy atom. The van der Waals surface area contributed by atoms with Gasteiger partial charge in [-0.1, -0.05) is 0 Å². The van der Waals surface area contributed by atoms with E-state index in [0.29, 0.717) is 5.56 Å². The summed E-state index contributed by atoms with van der Waals surface area (Å²) in [6, 6.07) is -0.604. The van der Waals surface area contributed by atoms with E-state index in [1.165, 1.54) is 10.9 Å². The summed E-state index contributed by atoms with van der Waals surface area (Å²) in [7, 11) is 1.68. The van der Waals surface area contributed by atoms with E-state index in [0.717, 1.165) is 4.90 Å². The Morgan fingerprint density at radius 2 is 2.22 bits per heavy atom. The van der Waals surface area contributed by atoms with Crippen LogP contribution in [0.4, 0.5) is 13.2 Å². The lowest BCUT2D eigenvalue weighted by molar-refractivity contribution is -0.151. The van der Waals surface area contributed by atoms with E-state index >= 15 is 0 Å². The molecule has 0 bridgehead atoms. The van der Waals surface area contributed by atoms with Crippen molar-refractivity contribution >= 4 is 0 Å². The number of hydrogen-bond acceptors (Lipinski definition) is 4. The molecule has 1 atom stereocenters. The van der Waals surface area contributed by atoms with Crippen molar-refractivity contribution in [3.05, 3.63) is 18.0 Å². The molecule has 0 spiro atoms. The van der Waals surface area contributed by atoms with Crippen LogP contribution in [-0.4, -0.2) is 52.2 Å². The predicted octanol–water partition coefficient (Wildman–Crippen LogP) is 0.276. The van der Waals surface area contributed by atoms with Gasteiger partial charge >= 0.3 is 6.18 Å². The van der Waals surface area contributed by atoms with E-state index in [4.69, 9.17) is 10.8 Å². The van der Waals surface area contributed by atoms with Gasteiger partial charge in [0.15, 0.2) is 0 Å². The van der Waals surface area contributed by atoms with Crippen molar-refractivity contribution in [1.82, 2.24) is 14.7 Å². The molecule has 1 aromatic heterocycles. The molecule has 0 fully saturated rings. The van der Waals surface area contributed by atoms with Crippen LogP contribution in [0.15, 0.2) is 12.4 Å². The van der Waals surface area contributed by atoms with Gasteiger partial charge in [0, 0.05) is 31.9 Å². The minimum atomic E-state index is -4.33. The van der Waals surface area contributed by atoms with E-state index in [1.807, 2.05) is 0 Å². The molecule has 5 nitrogen and oxygen atoms in total. The van der Waals surface area contributed by atoms with Gasteiger partial charge in [0.1, 0.15) is 0 Å². The molecule has 3 N–H and O–H groups in total. The number of aromatic nitrogens is 2. The highest BCUT2D eigenvalue weighted by atomic mass is 19.4. The summed E-state index contributed by atoms with van der Waals surface area (Å²) >= 11 is 0. The van der Waals surface area contributed by atoms with E-state index in [1.54, 1.807) is 13.2 Å². The molecule has 0 saturated carbocycles. The summed E-state index contributed by atoms with van der Waals surface area (Å²) in [5.74, 6) is 0. The fraction of sp³-hybridized carbons (Fsp3) is 0.700. The Balaban J connectivity index is 2.86. The summed E-state index contributed by atoms with van der Waals surface area (Å²) in [4.78, 5) is 1.11. The maximum absolute atomic E-state index is 12.5. The van der Waals surface area contributed by atoms with Crippen LogP contribution in [0, 0.1) is 0 Å². The lowest BCUT2D eigenvalue weighted by Gasteiger charge is -2.30. The number of hydrogen-bond donors (Lipinski definition) is 2. The summed E-state index contributed by atoms with van der Waals surface area (Å²) in [6.07, 6.45) is -1.22. The number of halogens is 3. The summed E-state index contributed by atoms with van der Waals surface area (Å²) < 4.78 is 38.9. The molecule has 0 aliphatic heterocycles. The Hall–Kier alpha value is -1.12. The average molecular weight is 266 g/mol. The molecule has 0 radical (unpaired) electrons. The Labute approximate surface area is 103 Å². The van der Waals surface area contributed by atoms with Gasteiger partial charge < -0.3 is 10.8 Å². The molecular formula is C10H17F3N4O. The van der Waals surface area contributed by atoms with Gasteiger partial charge in [-0.2, -0.15) is 18.3 Å². The molecule has 1 aromatic rings. The van der Waals surface area contributed by atoms with E-state index in [-0.39, 0.29) is 19.7 Å². The normalized spacial score (nSPS) is 14.2. The second-order valence-corrected chi connectivity index (χ2v) is 4.01. The number of aliphatic hydroxyl groups is 1. The SMILES string of the molecule is Cn1cc(C(CN)N(CCO)CC(F)(F)F)cn1. The van der Waals surface area contributed by atoms with Gasteiger partial charge in [0.05, 0.1) is 25.4 Å². The number of rotatable bonds is 6. The third-order valence-corrected chi connectivity index (χ3v) is 2.54. The quantitative estimate of drug-likeness (QED) is 0.776. The number of nitrogens with zero attached hydrogens (tertiary/aromatic N) is 3. The first-order valence-corrected chi connectivity index (χ1v) is 5.47. The lowest BCUT2D eigenvalue weighted by atomic mass is 10.1. The van der Waals surface area contributed by atoms with Crippen LogP contribution in [0.5, 0.6) is 0 Å². The van der Waals surface area contributed by atoms with Crippen LogP contribution >= 0.6 is 0 Å². The third-order valence-electron chi connectivity index (χ3n) is 2.54. The van der Waals surface area contributed by atoms with Gasteiger partial charge in [0.25, 0.3) is 0 Å². The minimum absolute atomic E-state index is 0.0295. The molecular weight excluding hydrogens is 249 g/mol. The Bertz CT molecular complexity index is 366. The van der Waals surface area contributed by atoms with E-state index < -0.39 is 18.8 Å². The first kappa shape index (κ1) is 14.9. The van der Waals surface area contributed by atoms with Crippen molar-refractivity contribution in [3.8, 4) is 0 Å². The van der Waals surface area contributed by atoms with Crippen molar-refractivity contribution in [1.29, 1.82) is 0 Å². The molecule has 0 aliphatic carbocycles. The number of aryl methyl sites for hydroxylation is 1. The number of nitrogens with two attached hydrogens (primary N) is 1. The summed E-state index contributed by atoms with van der Waals surface area (Å²) in [5, 5.41) is 12.8. The smallest absolute Gasteiger partial charge is 0.395 e. The van der Waals surface area contributed by atoms with Crippen LogP contribution in [-0.2, 0) is 7.05 Å². The highest BCUT2D eigenvalue weighted by Crippen LogP contribution is 2.24. The summed E-state index contributed by atoms with van der Waals surface area (Å²) in [6.45, 7) is -1.52. The highest BCUT2D eigenvalue weighted by molar-refractivity contribution is 5.11. The fourth-order valence-corrected chi connectivity index (χ4v) is 1.81. The molecule has 8 heteroatoms. The van der Waals surface area contributed by atoms with Gasteiger partial charge in [-0.15, -0.1) is 0 Å². The van der Waals surface area contributed by atoms with Crippen molar-refractivity contribution < 1.29 is 18.3 Å². The largest absolute Gasteiger partial charge is 0.401 e. The highest BCUT2D eigenvalue weighted by Gasteiger charge is 2.34. The van der Waals surface area contributed by atoms with E-state index in [9.17, 15) is 13.2 Å². The number of alkyl halides is 3. The molecule has 0 aromatic carbocycles. The first-order chi connectivity index (χ1) is 8.37. The molecule has 1 unspecified atom stereocenters. The van der Waals surface area contributed by atoms with Gasteiger partial charge in [-0.3, -0.25) is 9.58 Å². The zero-order chi connectivity index (χ0) is 13.8. The second kappa shape index (κ2) is 6.17.